The number of halogens is 1. The molecule has 1 saturated carbocycles. The summed E-state index contributed by atoms with van der Waals surface area (Å²) in [6, 6.07) is 6.45. The Bertz CT molecular complexity index is 305. The van der Waals surface area contributed by atoms with E-state index < -0.39 is 0 Å². The van der Waals surface area contributed by atoms with Crippen LogP contribution in [0.2, 0.25) is 0 Å². The van der Waals surface area contributed by atoms with Gasteiger partial charge >= 0.3 is 0 Å². The third kappa shape index (κ3) is 3.89. The van der Waals surface area contributed by atoms with Gasteiger partial charge in [0.25, 0.3) is 0 Å². The number of rotatable bonds is 3. The van der Waals surface area contributed by atoms with E-state index >= 15 is 0 Å². The van der Waals surface area contributed by atoms with Crippen LogP contribution in [-0.2, 0) is 6.54 Å². The molecule has 1 heterocycles. The molecule has 90 valence electrons. The highest BCUT2D eigenvalue weighted by Gasteiger charge is 2.15. The van der Waals surface area contributed by atoms with Gasteiger partial charge in [-0.05, 0) is 5.92 Å². The molecule has 0 unspecified atom stereocenters. The molecule has 0 atom stereocenters. The van der Waals surface area contributed by atoms with Crippen molar-refractivity contribution in [2.24, 2.45) is 5.92 Å². The summed E-state index contributed by atoms with van der Waals surface area (Å²) in [5.41, 5.74) is 1.38. The van der Waals surface area contributed by atoms with E-state index in [9.17, 15) is 0 Å². The van der Waals surface area contributed by atoms with Gasteiger partial charge in [-0.1, -0.05) is 38.2 Å². The van der Waals surface area contributed by atoms with Crippen LogP contribution in [0.3, 0.4) is 0 Å². The first-order valence-electron chi connectivity index (χ1n) is 6.31. The molecule has 2 rings (SSSR count). The maximum absolute atomic E-state index is 2.38. The Morgan fingerprint density at radius 1 is 1.19 bits per heavy atom. The fourth-order valence-electron chi connectivity index (χ4n) is 2.61. The van der Waals surface area contributed by atoms with Crippen LogP contribution >= 0.6 is 0 Å². The summed E-state index contributed by atoms with van der Waals surface area (Å²) in [5, 5.41) is 0. The minimum absolute atomic E-state index is 0. The second-order valence-corrected chi connectivity index (χ2v) is 4.83. The molecule has 0 bridgehead atoms. The lowest BCUT2D eigenvalue weighted by molar-refractivity contribution is -0.704. The zero-order chi connectivity index (χ0) is 10.5. The Labute approximate surface area is 110 Å². The first kappa shape index (κ1) is 13.7. The second-order valence-electron chi connectivity index (χ2n) is 4.83. The normalized spacial score (nSPS) is 16.8. The Morgan fingerprint density at radius 2 is 1.94 bits per heavy atom. The quantitative estimate of drug-likeness (QED) is 0.701. The van der Waals surface area contributed by atoms with Gasteiger partial charge in [-0.2, -0.15) is 0 Å². The lowest BCUT2D eigenvalue weighted by Gasteiger charge is -2.20. The summed E-state index contributed by atoms with van der Waals surface area (Å²) in [6.07, 6.45) is 10.9. The molecule has 1 aliphatic rings. The van der Waals surface area contributed by atoms with Crippen LogP contribution in [0.4, 0.5) is 0 Å². The third-order valence-corrected chi connectivity index (χ3v) is 3.67. The SMILES string of the molecule is Cc1cccc[n+]1CCC1CCCCC1.[Br-]. The van der Waals surface area contributed by atoms with Crippen molar-refractivity contribution in [1.82, 2.24) is 0 Å². The lowest BCUT2D eigenvalue weighted by atomic mass is 9.87. The van der Waals surface area contributed by atoms with Crippen molar-refractivity contribution in [2.45, 2.75) is 52.0 Å². The molecule has 1 nitrogen and oxygen atoms in total. The van der Waals surface area contributed by atoms with E-state index in [-0.39, 0.29) is 17.0 Å². The molecule has 1 fully saturated rings. The van der Waals surface area contributed by atoms with E-state index in [0.717, 1.165) is 5.92 Å². The molecule has 0 saturated heterocycles. The smallest absolute Gasteiger partial charge is 0.178 e. The molecule has 1 aromatic heterocycles. The zero-order valence-electron chi connectivity index (χ0n) is 10.2. The third-order valence-electron chi connectivity index (χ3n) is 3.67. The predicted octanol–water partition coefficient (Wildman–Crippen LogP) is 0.257. The fourth-order valence-corrected chi connectivity index (χ4v) is 2.61. The van der Waals surface area contributed by atoms with Crippen LogP contribution < -0.4 is 21.5 Å². The van der Waals surface area contributed by atoms with E-state index in [1.165, 1.54) is 50.8 Å². The van der Waals surface area contributed by atoms with Gasteiger partial charge in [0.15, 0.2) is 11.9 Å². The highest BCUT2D eigenvalue weighted by molar-refractivity contribution is 4.94. The molecule has 0 spiro atoms. The van der Waals surface area contributed by atoms with Crippen LogP contribution in [0.15, 0.2) is 24.4 Å². The van der Waals surface area contributed by atoms with Crippen LogP contribution in [0.5, 0.6) is 0 Å². The number of hydrogen-bond acceptors (Lipinski definition) is 0. The number of aromatic nitrogens is 1. The maximum Gasteiger partial charge on any atom is 0.178 e. The number of hydrogen-bond donors (Lipinski definition) is 0. The molecule has 0 N–H and O–H groups in total. The molecule has 2 heteroatoms. The molecule has 0 amide bonds. The summed E-state index contributed by atoms with van der Waals surface area (Å²) in [6.45, 7) is 3.40. The van der Waals surface area contributed by atoms with Crippen molar-refractivity contribution < 1.29 is 21.5 Å². The number of aryl methyl sites for hydroxylation is 2. The standard InChI is InChI=1S/C14H22N.BrH/c1-13-7-5-6-11-15(13)12-10-14-8-3-2-4-9-14;/h5-7,11,14H,2-4,8-10,12H2,1H3;1H/q+1;/p-1. The topological polar surface area (TPSA) is 3.88 Å². The van der Waals surface area contributed by atoms with Gasteiger partial charge < -0.3 is 17.0 Å². The van der Waals surface area contributed by atoms with Crippen molar-refractivity contribution in [3.05, 3.63) is 30.1 Å². The predicted molar refractivity (Wildman–Crippen MR) is 62.6 cm³/mol. The van der Waals surface area contributed by atoms with E-state index in [1.54, 1.807) is 0 Å². The van der Waals surface area contributed by atoms with E-state index in [0.29, 0.717) is 0 Å². The second kappa shape index (κ2) is 7.05. The van der Waals surface area contributed by atoms with E-state index in [2.05, 4.69) is 35.9 Å². The lowest BCUT2D eigenvalue weighted by Crippen LogP contribution is -3.00. The molecular weight excluding hydrogens is 262 g/mol. The average molecular weight is 284 g/mol. The van der Waals surface area contributed by atoms with Crippen molar-refractivity contribution in [3.8, 4) is 0 Å². The highest BCUT2D eigenvalue weighted by atomic mass is 79.9. The summed E-state index contributed by atoms with van der Waals surface area (Å²) >= 11 is 0. The zero-order valence-corrected chi connectivity index (χ0v) is 11.7. The van der Waals surface area contributed by atoms with Gasteiger partial charge in [0, 0.05) is 25.5 Å². The van der Waals surface area contributed by atoms with Crippen molar-refractivity contribution in [2.75, 3.05) is 0 Å². The van der Waals surface area contributed by atoms with E-state index in [1.807, 2.05) is 0 Å². The first-order valence-corrected chi connectivity index (χ1v) is 6.31. The Hall–Kier alpha value is -0.370. The molecule has 0 aliphatic heterocycles. The first-order chi connectivity index (χ1) is 7.36. The Kier molecular flexibility index (Phi) is 6.04. The van der Waals surface area contributed by atoms with Crippen molar-refractivity contribution in [3.63, 3.8) is 0 Å². The van der Waals surface area contributed by atoms with Gasteiger partial charge in [-0.25, -0.2) is 4.57 Å². The summed E-state index contributed by atoms with van der Waals surface area (Å²) < 4.78 is 2.38. The largest absolute Gasteiger partial charge is 1.00 e. The van der Waals surface area contributed by atoms with Gasteiger partial charge in [-0.15, -0.1) is 0 Å². The summed E-state index contributed by atoms with van der Waals surface area (Å²) in [5.74, 6) is 0.992. The molecule has 16 heavy (non-hydrogen) atoms. The Morgan fingerprint density at radius 3 is 2.62 bits per heavy atom. The van der Waals surface area contributed by atoms with Crippen molar-refractivity contribution >= 4 is 0 Å². The van der Waals surface area contributed by atoms with Crippen molar-refractivity contribution in [1.29, 1.82) is 0 Å². The number of nitrogens with zero attached hydrogens (tertiary/aromatic N) is 1. The van der Waals surface area contributed by atoms with Crippen LogP contribution in [0.25, 0.3) is 0 Å². The minimum Gasteiger partial charge on any atom is -1.00 e. The number of pyridine rings is 1. The monoisotopic (exact) mass is 283 g/mol. The van der Waals surface area contributed by atoms with E-state index in [4.69, 9.17) is 0 Å². The summed E-state index contributed by atoms with van der Waals surface area (Å²) in [7, 11) is 0. The Balaban J connectivity index is 0.00000128. The van der Waals surface area contributed by atoms with Gasteiger partial charge in [-0.3, -0.25) is 0 Å². The summed E-state index contributed by atoms with van der Waals surface area (Å²) in [4.78, 5) is 0. The van der Waals surface area contributed by atoms with Crippen LogP contribution in [0, 0.1) is 12.8 Å². The molecular formula is C14H22BrN. The van der Waals surface area contributed by atoms with Gasteiger partial charge in [0.2, 0.25) is 0 Å². The fraction of sp³-hybridized carbons (Fsp3) is 0.643. The highest BCUT2D eigenvalue weighted by Crippen LogP contribution is 2.25. The van der Waals surface area contributed by atoms with Crippen LogP contribution in [-0.4, -0.2) is 0 Å². The molecule has 1 aliphatic carbocycles. The molecule has 0 aromatic carbocycles. The van der Waals surface area contributed by atoms with Gasteiger partial charge in [0.1, 0.15) is 6.54 Å². The minimum atomic E-state index is 0. The van der Waals surface area contributed by atoms with Gasteiger partial charge in [0.05, 0.1) is 0 Å². The molecule has 0 radical (unpaired) electrons. The average Bonchev–Trinajstić information content (AvgIpc) is 2.29. The molecule has 1 aromatic rings. The van der Waals surface area contributed by atoms with Crippen LogP contribution in [0.1, 0.15) is 44.2 Å². The maximum atomic E-state index is 2.38.